The van der Waals surface area contributed by atoms with Crippen LogP contribution in [-0.4, -0.2) is 58.0 Å². The number of amides is 2. The van der Waals surface area contributed by atoms with Crippen LogP contribution < -0.4 is 14.8 Å². The fraction of sp³-hybridized carbons (Fsp3) is 0.286. The first-order chi connectivity index (χ1) is 18.2. The standard InChI is InChI=1S/C28H30N2O7S/c1-19-9-13-23(14-10-19)38(33,34)37-18-24-27(29-26(31)15-20-7-5-4-6-8-20)28(32)30(24)17-21-11-12-22(35-2)16-25(21)36-3/h4-14,16,24,27H,15,17-18H2,1-3H3,(H,29,31)/t24-,27+/m1/s1. The molecule has 1 N–H and O–H groups in total. The number of hydrogen-bond acceptors (Lipinski definition) is 7. The number of β-lactam (4-membered cyclic amide) rings is 1. The summed E-state index contributed by atoms with van der Waals surface area (Å²) in [7, 11) is -1.03. The van der Waals surface area contributed by atoms with Crippen molar-refractivity contribution in [2.24, 2.45) is 0 Å². The van der Waals surface area contributed by atoms with Gasteiger partial charge in [0.1, 0.15) is 17.5 Å². The quantitative estimate of drug-likeness (QED) is 0.295. The van der Waals surface area contributed by atoms with E-state index in [1.807, 2.05) is 37.3 Å². The lowest BCUT2D eigenvalue weighted by atomic mass is 9.94. The van der Waals surface area contributed by atoms with Crippen molar-refractivity contribution in [2.75, 3.05) is 20.8 Å². The largest absolute Gasteiger partial charge is 0.497 e. The van der Waals surface area contributed by atoms with Crippen LogP contribution in [0.5, 0.6) is 11.5 Å². The Morgan fingerprint density at radius 2 is 1.68 bits per heavy atom. The number of likely N-dealkylation sites (tertiary alicyclic amines) is 1. The van der Waals surface area contributed by atoms with Crippen molar-refractivity contribution < 1.29 is 31.7 Å². The van der Waals surface area contributed by atoms with E-state index in [2.05, 4.69) is 5.32 Å². The van der Waals surface area contributed by atoms with Crippen molar-refractivity contribution in [1.82, 2.24) is 10.2 Å². The number of nitrogens with one attached hydrogen (secondary N) is 1. The molecule has 0 aliphatic carbocycles. The number of aryl methyl sites for hydroxylation is 1. The number of carbonyl (C=O) groups is 2. The molecule has 1 aliphatic rings. The van der Waals surface area contributed by atoms with Crippen molar-refractivity contribution in [3.63, 3.8) is 0 Å². The van der Waals surface area contributed by atoms with Crippen molar-refractivity contribution in [3.8, 4) is 11.5 Å². The maximum atomic E-state index is 13.2. The summed E-state index contributed by atoms with van der Waals surface area (Å²) in [6, 6.07) is 19.0. The van der Waals surface area contributed by atoms with E-state index in [9.17, 15) is 18.0 Å². The van der Waals surface area contributed by atoms with Gasteiger partial charge in [0.25, 0.3) is 10.1 Å². The van der Waals surface area contributed by atoms with Crippen LogP contribution in [0.25, 0.3) is 0 Å². The van der Waals surface area contributed by atoms with Crippen LogP contribution in [0.15, 0.2) is 77.7 Å². The number of carbonyl (C=O) groups excluding carboxylic acids is 2. The summed E-state index contributed by atoms with van der Waals surface area (Å²) in [6.07, 6.45) is 0.0894. The van der Waals surface area contributed by atoms with Crippen molar-refractivity contribution in [2.45, 2.75) is 36.9 Å². The molecule has 1 heterocycles. The average molecular weight is 539 g/mol. The molecular formula is C28H30N2O7S. The predicted octanol–water partition coefficient (Wildman–Crippen LogP) is 2.86. The van der Waals surface area contributed by atoms with Crippen LogP contribution in [-0.2, 0) is 36.9 Å². The minimum absolute atomic E-state index is 0.0155. The van der Waals surface area contributed by atoms with Gasteiger partial charge in [0.15, 0.2) is 0 Å². The van der Waals surface area contributed by atoms with Gasteiger partial charge in [0.2, 0.25) is 11.8 Å². The van der Waals surface area contributed by atoms with Crippen molar-refractivity contribution >= 4 is 21.9 Å². The van der Waals surface area contributed by atoms with Crippen LogP contribution in [0.3, 0.4) is 0 Å². The third kappa shape index (κ3) is 6.15. The number of hydrogen-bond donors (Lipinski definition) is 1. The first-order valence-corrected chi connectivity index (χ1v) is 13.4. The Morgan fingerprint density at radius 3 is 2.34 bits per heavy atom. The van der Waals surface area contributed by atoms with Gasteiger partial charge in [-0.3, -0.25) is 13.8 Å². The van der Waals surface area contributed by atoms with Gasteiger partial charge in [0, 0.05) is 18.2 Å². The van der Waals surface area contributed by atoms with Crippen LogP contribution >= 0.6 is 0 Å². The Balaban J connectivity index is 1.53. The smallest absolute Gasteiger partial charge is 0.297 e. The van der Waals surface area contributed by atoms with E-state index in [4.69, 9.17) is 13.7 Å². The highest BCUT2D eigenvalue weighted by Crippen LogP contribution is 2.31. The molecule has 0 spiro atoms. The van der Waals surface area contributed by atoms with E-state index < -0.39 is 22.2 Å². The molecule has 0 unspecified atom stereocenters. The summed E-state index contributed by atoms with van der Waals surface area (Å²) in [5.74, 6) is 0.421. The fourth-order valence-corrected chi connectivity index (χ4v) is 5.17. The molecule has 0 aromatic heterocycles. The first kappa shape index (κ1) is 27.2. The van der Waals surface area contributed by atoms with Crippen molar-refractivity contribution in [3.05, 3.63) is 89.5 Å². The maximum absolute atomic E-state index is 13.2. The molecule has 2 amide bonds. The summed E-state index contributed by atoms with van der Waals surface area (Å²) in [5.41, 5.74) is 2.41. The molecular weight excluding hydrogens is 508 g/mol. The average Bonchev–Trinajstić information content (AvgIpc) is 2.92. The molecule has 0 radical (unpaired) electrons. The molecule has 3 aromatic carbocycles. The monoisotopic (exact) mass is 538 g/mol. The van der Waals surface area contributed by atoms with Gasteiger partial charge in [-0.2, -0.15) is 8.42 Å². The van der Waals surface area contributed by atoms with Gasteiger partial charge in [0.05, 0.1) is 38.2 Å². The second-order valence-electron chi connectivity index (χ2n) is 8.97. The Kier molecular flexibility index (Phi) is 8.33. The van der Waals surface area contributed by atoms with E-state index >= 15 is 0 Å². The fourth-order valence-electron chi connectivity index (χ4n) is 4.25. The lowest BCUT2D eigenvalue weighted by Gasteiger charge is -2.47. The van der Waals surface area contributed by atoms with Crippen LogP contribution in [0.1, 0.15) is 16.7 Å². The summed E-state index contributed by atoms with van der Waals surface area (Å²) < 4.78 is 41.7. The number of rotatable bonds is 11. The van der Waals surface area contributed by atoms with Crippen LogP contribution in [0.4, 0.5) is 0 Å². The number of nitrogens with zero attached hydrogens (tertiary/aromatic N) is 1. The topological polar surface area (TPSA) is 111 Å². The van der Waals surface area contributed by atoms with Gasteiger partial charge in [-0.25, -0.2) is 0 Å². The van der Waals surface area contributed by atoms with Gasteiger partial charge in [-0.05, 0) is 36.8 Å². The van der Waals surface area contributed by atoms with E-state index in [0.29, 0.717) is 17.1 Å². The Labute approximate surface area is 222 Å². The summed E-state index contributed by atoms with van der Waals surface area (Å²) in [4.78, 5) is 27.4. The van der Waals surface area contributed by atoms with E-state index in [-0.39, 0.29) is 36.3 Å². The number of methoxy groups -OCH3 is 2. The molecule has 1 aliphatic heterocycles. The van der Waals surface area contributed by atoms with Crippen LogP contribution in [0, 0.1) is 6.92 Å². The zero-order valence-electron chi connectivity index (χ0n) is 21.4. The molecule has 3 aromatic rings. The summed E-state index contributed by atoms with van der Waals surface area (Å²) in [5, 5.41) is 2.75. The molecule has 38 heavy (non-hydrogen) atoms. The summed E-state index contributed by atoms with van der Waals surface area (Å²) >= 11 is 0. The van der Waals surface area contributed by atoms with Gasteiger partial charge >= 0.3 is 0 Å². The molecule has 1 saturated heterocycles. The van der Waals surface area contributed by atoms with Gasteiger partial charge < -0.3 is 19.7 Å². The second-order valence-corrected chi connectivity index (χ2v) is 10.6. The molecule has 0 saturated carbocycles. The SMILES string of the molecule is COc1ccc(CN2C(=O)[C@@H](NC(=O)Cc3ccccc3)[C@H]2COS(=O)(=O)c2ccc(C)cc2)c(OC)c1. The minimum Gasteiger partial charge on any atom is -0.497 e. The second kappa shape index (κ2) is 11.7. The Bertz CT molecular complexity index is 1390. The lowest BCUT2D eigenvalue weighted by molar-refractivity contribution is -0.156. The third-order valence-electron chi connectivity index (χ3n) is 6.40. The van der Waals surface area contributed by atoms with E-state index in [1.165, 1.54) is 31.3 Å². The number of benzene rings is 3. The molecule has 2 atom stereocenters. The highest BCUT2D eigenvalue weighted by Gasteiger charge is 2.49. The predicted molar refractivity (Wildman–Crippen MR) is 140 cm³/mol. The van der Waals surface area contributed by atoms with E-state index in [0.717, 1.165) is 11.1 Å². The highest BCUT2D eigenvalue weighted by molar-refractivity contribution is 7.86. The maximum Gasteiger partial charge on any atom is 0.297 e. The molecule has 1 fully saturated rings. The summed E-state index contributed by atoms with van der Waals surface area (Å²) in [6.45, 7) is 1.66. The van der Waals surface area contributed by atoms with Gasteiger partial charge in [-0.15, -0.1) is 0 Å². The molecule has 4 rings (SSSR count). The zero-order valence-corrected chi connectivity index (χ0v) is 22.2. The first-order valence-electron chi connectivity index (χ1n) is 12.0. The molecule has 0 bridgehead atoms. The normalized spacial score (nSPS) is 17.0. The molecule has 9 nitrogen and oxygen atoms in total. The highest BCUT2D eigenvalue weighted by atomic mass is 32.2. The lowest BCUT2D eigenvalue weighted by Crippen LogP contribution is -2.71. The molecule has 200 valence electrons. The Hall–Kier alpha value is -3.89. The van der Waals surface area contributed by atoms with Crippen molar-refractivity contribution in [1.29, 1.82) is 0 Å². The Morgan fingerprint density at radius 1 is 0.974 bits per heavy atom. The third-order valence-corrected chi connectivity index (χ3v) is 7.69. The van der Waals surface area contributed by atoms with E-state index in [1.54, 1.807) is 30.3 Å². The minimum atomic E-state index is -4.08. The van der Waals surface area contributed by atoms with Gasteiger partial charge in [-0.1, -0.05) is 48.0 Å². The molecule has 10 heteroatoms. The zero-order chi connectivity index (χ0) is 27.3. The van der Waals surface area contributed by atoms with Crippen LogP contribution in [0.2, 0.25) is 0 Å². The number of ether oxygens (including phenoxy) is 2.